The first-order valence-corrected chi connectivity index (χ1v) is 8.24. The van der Waals surface area contributed by atoms with Crippen LogP contribution in [-0.2, 0) is 19.1 Å². The van der Waals surface area contributed by atoms with Gasteiger partial charge in [0.2, 0.25) is 0 Å². The Morgan fingerprint density at radius 1 is 0.926 bits per heavy atom. The van der Waals surface area contributed by atoms with Crippen molar-refractivity contribution in [3.05, 3.63) is 71.9 Å². The smallest absolute Gasteiger partial charge is 0.350 e. The second kappa shape index (κ2) is 7.33. The molecule has 1 heterocycles. The number of esters is 2. The van der Waals surface area contributed by atoms with Crippen molar-refractivity contribution in [2.24, 2.45) is 0 Å². The molecule has 7 nitrogen and oxygen atoms in total. The van der Waals surface area contributed by atoms with E-state index < -0.39 is 17.7 Å². The van der Waals surface area contributed by atoms with Gasteiger partial charge in [-0.2, -0.15) is 0 Å². The SMILES string of the molecule is CC1(C)OC(=O)C(=CNc2cccc(NC(=O)c3ccccc3)c2)C(=O)O1. The predicted molar refractivity (Wildman–Crippen MR) is 98.8 cm³/mol. The Morgan fingerprint density at radius 2 is 1.56 bits per heavy atom. The van der Waals surface area contributed by atoms with Crippen molar-refractivity contribution < 1.29 is 23.9 Å². The monoisotopic (exact) mass is 366 g/mol. The van der Waals surface area contributed by atoms with Gasteiger partial charge < -0.3 is 20.1 Å². The minimum absolute atomic E-state index is 0.243. The third-order valence-corrected chi connectivity index (χ3v) is 3.66. The quantitative estimate of drug-likeness (QED) is 0.491. The lowest BCUT2D eigenvalue weighted by Gasteiger charge is -2.29. The van der Waals surface area contributed by atoms with E-state index in [1.54, 1.807) is 48.5 Å². The topological polar surface area (TPSA) is 93.7 Å². The summed E-state index contributed by atoms with van der Waals surface area (Å²) >= 11 is 0. The van der Waals surface area contributed by atoms with E-state index >= 15 is 0 Å². The summed E-state index contributed by atoms with van der Waals surface area (Å²) in [4.78, 5) is 36.1. The lowest BCUT2D eigenvalue weighted by atomic mass is 10.2. The maximum atomic E-state index is 12.2. The molecule has 1 amide bonds. The van der Waals surface area contributed by atoms with Gasteiger partial charge in [-0.15, -0.1) is 0 Å². The molecule has 2 aromatic rings. The summed E-state index contributed by atoms with van der Waals surface area (Å²) in [6, 6.07) is 15.7. The highest BCUT2D eigenvalue weighted by Crippen LogP contribution is 2.23. The van der Waals surface area contributed by atoms with Crippen molar-refractivity contribution in [1.82, 2.24) is 0 Å². The fourth-order valence-corrected chi connectivity index (χ4v) is 2.41. The molecule has 2 N–H and O–H groups in total. The largest absolute Gasteiger partial charge is 0.419 e. The summed E-state index contributed by atoms with van der Waals surface area (Å²) in [6.45, 7) is 2.96. The summed E-state index contributed by atoms with van der Waals surface area (Å²) in [7, 11) is 0. The molecule has 1 saturated heterocycles. The number of anilines is 2. The molecule has 0 aliphatic carbocycles. The lowest BCUT2D eigenvalue weighted by Crippen LogP contribution is -2.42. The van der Waals surface area contributed by atoms with E-state index in [4.69, 9.17) is 9.47 Å². The average Bonchev–Trinajstić information content (AvgIpc) is 2.61. The number of hydrogen-bond donors (Lipinski definition) is 2. The molecule has 27 heavy (non-hydrogen) atoms. The molecule has 1 aliphatic heterocycles. The molecular weight excluding hydrogens is 348 g/mol. The molecule has 0 unspecified atom stereocenters. The van der Waals surface area contributed by atoms with Crippen LogP contribution in [0.5, 0.6) is 0 Å². The second-order valence-corrected chi connectivity index (χ2v) is 6.28. The van der Waals surface area contributed by atoms with Gasteiger partial charge >= 0.3 is 11.9 Å². The minimum Gasteiger partial charge on any atom is -0.419 e. The van der Waals surface area contributed by atoms with Crippen molar-refractivity contribution in [3.8, 4) is 0 Å². The maximum Gasteiger partial charge on any atom is 0.350 e. The first-order valence-electron chi connectivity index (χ1n) is 8.24. The number of cyclic esters (lactones) is 2. The summed E-state index contributed by atoms with van der Waals surface area (Å²) in [6.07, 6.45) is 1.22. The summed E-state index contributed by atoms with van der Waals surface area (Å²) < 4.78 is 10.0. The normalized spacial score (nSPS) is 15.4. The third-order valence-electron chi connectivity index (χ3n) is 3.66. The Hall–Kier alpha value is -3.61. The van der Waals surface area contributed by atoms with Crippen LogP contribution in [0.3, 0.4) is 0 Å². The van der Waals surface area contributed by atoms with Crippen LogP contribution >= 0.6 is 0 Å². The Kier molecular flexibility index (Phi) is 4.94. The number of carbonyl (C=O) groups is 3. The molecule has 0 bridgehead atoms. The van der Waals surface area contributed by atoms with E-state index in [1.165, 1.54) is 20.0 Å². The highest BCUT2D eigenvalue weighted by molar-refractivity contribution is 6.15. The molecule has 138 valence electrons. The van der Waals surface area contributed by atoms with Gasteiger partial charge in [0, 0.05) is 37.0 Å². The first kappa shape index (κ1) is 18.2. The molecule has 0 atom stereocenters. The number of ether oxygens (including phenoxy) is 2. The van der Waals surface area contributed by atoms with Crippen LogP contribution in [0.15, 0.2) is 66.4 Å². The zero-order valence-corrected chi connectivity index (χ0v) is 14.8. The summed E-state index contributed by atoms with van der Waals surface area (Å²) in [5.74, 6) is -3.06. The van der Waals surface area contributed by atoms with Crippen LogP contribution in [0.1, 0.15) is 24.2 Å². The molecule has 7 heteroatoms. The van der Waals surface area contributed by atoms with E-state index in [1.807, 2.05) is 6.07 Å². The number of nitrogens with one attached hydrogen (secondary N) is 2. The highest BCUT2D eigenvalue weighted by atomic mass is 16.7. The molecule has 1 aliphatic rings. The Balaban J connectivity index is 1.70. The van der Waals surface area contributed by atoms with Crippen LogP contribution < -0.4 is 10.6 Å². The zero-order valence-electron chi connectivity index (χ0n) is 14.8. The van der Waals surface area contributed by atoms with E-state index in [-0.39, 0.29) is 11.5 Å². The summed E-state index contributed by atoms with van der Waals surface area (Å²) in [5.41, 5.74) is 1.42. The number of carbonyl (C=O) groups excluding carboxylic acids is 3. The minimum atomic E-state index is -1.28. The molecular formula is C20H18N2O5. The zero-order chi connectivity index (χ0) is 19.4. The van der Waals surface area contributed by atoms with Crippen molar-refractivity contribution in [1.29, 1.82) is 0 Å². The predicted octanol–water partition coefficient (Wildman–Crippen LogP) is 3.07. The third kappa shape index (κ3) is 4.52. The van der Waals surface area contributed by atoms with Crippen molar-refractivity contribution >= 4 is 29.2 Å². The standard InChI is InChI=1S/C20H18N2O5/c1-20(2)26-18(24)16(19(25)27-20)12-21-14-9-6-10-15(11-14)22-17(23)13-7-4-3-5-8-13/h3-12,21H,1-2H3,(H,22,23). The Labute approximate surface area is 156 Å². The molecule has 3 rings (SSSR count). The maximum absolute atomic E-state index is 12.2. The van der Waals surface area contributed by atoms with Gasteiger partial charge in [0.05, 0.1) is 0 Å². The Bertz CT molecular complexity index is 897. The lowest BCUT2D eigenvalue weighted by molar-refractivity contribution is -0.222. The van der Waals surface area contributed by atoms with E-state index in [0.717, 1.165) is 0 Å². The van der Waals surface area contributed by atoms with Crippen molar-refractivity contribution in [3.63, 3.8) is 0 Å². The van der Waals surface area contributed by atoms with Crippen molar-refractivity contribution in [2.45, 2.75) is 19.6 Å². The van der Waals surface area contributed by atoms with Gasteiger partial charge in [0.1, 0.15) is 0 Å². The fraction of sp³-hybridized carbons (Fsp3) is 0.150. The van der Waals surface area contributed by atoms with Gasteiger partial charge in [0.25, 0.3) is 11.7 Å². The van der Waals surface area contributed by atoms with Crippen LogP contribution in [-0.4, -0.2) is 23.6 Å². The Morgan fingerprint density at radius 3 is 2.22 bits per heavy atom. The van der Waals surface area contributed by atoms with Crippen molar-refractivity contribution in [2.75, 3.05) is 10.6 Å². The fourth-order valence-electron chi connectivity index (χ4n) is 2.41. The van der Waals surface area contributed by atoms with Gasteiger partial charge in [-0.1, -0.05) is 24.3 Å². The van der Waals surface area contributed by atoms with Gasteiger partial charge in [0.15, 0.2) is 5.57 Å². The van der Waals surface area contributed by atoms with Crippen LogP contribution in [0, 0.1) is 0 Å². The second-order valence-electron chi connectivity index (χ2n) is 6.28. The van der Waals surface area contributed by atoms with E-state index in [2.05, 4.69) is 10.6 Å². The first-order chi connectivity index (χ1) is 12.8. The van der Waals surface area contributed by atoms with E-state index in [0.29, 0.717) is 16.9 Å². The van der Waals surface area contributed by atoms with Crippen LogP contribution in [0.4, 0.5) is 11.4 Å². The number of hydrogen-bond acceptors (Lipinski definition) is 6. The molecule has 0 saturated carbocycles. The van der Waals surface area contributed by atoms with Gasteiger partial charge in [-0.05, 0) is 30.3 Å². The van der Waals surface area contributed by atoms with Crippen LogP contribution in [0.2, 0.25) is 0 Å². The number of benzene rings is 2. The highest BCUT2D eigenvalue weighted by Gasteiger charge is 2.38. The van der Waals surface area contributed by atoms with Gasteiger partial charge in [-0.25, -0.2) is 9.59 Å². The molecule has 1 fully saturated rings. The van der Waals surface area contributed by atoms with Crippen LogP contribution in [0.25, 0.3) is 0 Å². The van der Waals surface area contributed by atoms with E-state index in [9.17, 15) is 14.4 Å². The molecule has 2 aromatic carbocycles. The molecule has 0 aromatic heterocycles. The molecule has 0 radical (unpaired) electrons. The summed E-state index contributed by atoms with van der Waals surface area (Å²) in [5, 5.41) is 5.62. The van der Waals surface area contributed by atoms with Gasteiger partial charge in [-0.3, -0.25) is 4.79 Å². The average molecular weight is 366 g/mol. The molecule has 0 spiro atoms. The number of amides is 1. The number of rotatable bonds is 4.